The summed E-state index contributed by atoms with van der Waals surface area (Å²) in [5.74, 6) is 0.119. The van der Waals surface area contributed by atoms with Gasteiger partial charge in [-0.1, -0.05) is 41.9 Å². The zero-order valence-electron chi connectivity index (χ0n) is 11.7. The normalized spacial score (nSPS) is 26.9. The van der Waals surface area contributed by atoms with Gasteiger partial charge in [0.2, 0.25) is 5.91 Å². The number of amides is 1. The minimum atomic E-state index is -0.206. The van der Waals surface area contributed by atoms with Crippen LogP contribution in [0.2, 0.25) is 5.02 Å². The highest BCUT2D eigenvalue weighted by molar-refractivity contribution is 6.30. The van der Waals surface area contributed by atoms with E-state index in [4.69, 9.17) is 11.6 Å². The summed E-state index contributed by atoms with van der Waals surface area (Å²) in [6.45, 7) is 1.31. The molecule has 106 valence electrons. The fourth-order valence-corrected chi connectivity index (χ4v) is 3.54. The molecule has 2 heterocycles. The van der Waals surface area contributed by atoms with Crippen molar-refractivity contribution >= 4 is 23.2 Å². The molecular weight excluding hydrogens is 284 g/mol. The van der Waals surface area contributed by atoms with Gasteiger partial charge in [0.05, 0.1) is 12.1 Å². The maximum absolute atomic E-state index is 12.3. The Kier molecular flexibility index (Phi) is 2.65. The van der Waals surface area contributed by atoms with Gasteiger partial charge < -0.3 is 4.90 Å². The summed E-state index contributed by atoms with van der Waals surface area (Å²) < 4.78 is 0. The maximum atomic E-state index is 12.3. The van der Waals surface area contributed by atoms with Crippen LogP contribution in [0.5, 0.6) is 0 Å². The summed E-state index contributed by atoms with van der Waals surface area (Å²) in [5, 5.41) is 0.707. The van der Waals surface area contributed by atoms with E-state index in [2.05, 4.69) is 17.0 Å². The van der Waals surface area contributed by atoms with Gasteiger partial charge in [0.25, 0.3) is 0 Å². The Balaban J connectivity index is 1.97. The van der Waals surface area contributed by atoms with Crippen molar-refractivity contribution in [2.24, 2.45) is 0 Å². The van der Waals surface area contributed by atoms with Crippen molar-refractivity contribution in [3.05, 3.63) is 64.7 Å². The van der Waals surface area contributed by atoms with Crippen molar-refractivity contribution in [2.75, 3.05) is 25.0 Å². The van der Waals surface area contributed by atoms with Crippen molar-refractivity contribution in [3.63, 3.8) is 0 Å². The topological polar surface area (TPSA) is 23.3 Å². The largest absolute Gasteiger partial charge is 0.314 e. The van der Waals surface area contributed by atoms with Gasteiger partial charge in [-0.15, -0.1) is 0 Å². The summed E-state index contributed by atoms with van der Waals surface area (Å²) in [5.41, 5.74) is 3.08. The van der Waals surface area contributed by atoms with Crippen LogP contribution in [0, 0.1) is 0 Å². The molecule has 1 saturated heterocycles. The number of fused-ring (bicyclic) bond motifs is 3. The molecule has 4 heteroatoms. The number of anilines is 1. The predicted octanol–water partition coefficient (Wildman–Crippen LogP) is 2.88. The van der Waals surface area contributed by atoms with E-state index in [1.54, 1.807) is 4.90 Å². The number of benzene rings is 2. The SMILES string of the molecule is CN1C(=O)CN2CC2(c2ccccc2)c2cc(Cl)ccc21. The van der Waals surface area contributed by atoms with Crippen LogP contribution in [0.4, 0.5) is 5.69 Å². The van der Waals surface area contributed by atoms with E-state index in [9.17, 15) is 4.79 Å². The van der Waals surface area contributed by atoms with E-state index >= 15 is 0 Å². The Morgan fingerprint density at radius 3 is 2.67 bits per heavy atom. The second-order valence-corrected chi connectivity index (χ2v) is 6.13. The molecule has 1 fully saturated rings. The first kappa shape index (κ1) is 12.9. The van der Waals surface area contributed by atoms with E-state index < -0.39 is 0 Å². The Morgan fingerprint density at radius 2 is 1.90 bits per heavy atom. The number of carbonyl (C=O) groups excluding carboxylic acids is 1. The van der Waals surface area contributed by atoms with E-state index in [1.165, 1.54) is 5.56 Å². The van der Waals surface area contributed by atoms with E-state index in [0.717, 1.165) is 17.8 Å². The second kappa shape index (κ2) is 4.33. The number of halogens is 1. The molecule has 2 atom stereocenters. The van der Waals surface area contributed by atoms with Crippen molar-refractivity contribution in [2.45, 2.75) is 5.54 Å². The number of hydrogen-bond acceptors (Lipinski definition) is 2. The van der Waals surface area contributed by atoms with Crippen LogP contribution >= 0.6 is 11.6 Å². The molecule has 2 aliphatic rings. The summed E-state index contributed by atoms with van der Waals surface area (Å²) in [6.07, 6.45) is 0. The highest BCUT2D eigenvalue weighted by Gasteiger charge is 2.58. The summed E-state index contributed by atoms with van der Waals surface area (Å²) in [4.78, 5) is 16.3. The van der Waals surface area contributed by atoms with Gasteiger partial charge in [0.1, 0.15) is 0 Å². The Labute approximate surface area is 128 Å². The van der Waals surface area contributed by atoms with Crippen LogP contribution in [0.3, 0.4) is 0 Å². The van der Waals surface area contributed by atoms with Crippen LogP contribution in [-0.4, -0.2) is 30.9 Å². The third-order valence-corrected chi connectivity index (χ3v) is 4.81. The molecule has 3 nitrogen and oxygen atoms in total. The third kappa shape index (κ3) is 1.74. The first-order valence-electron chi connectivity index (χ1n) is 7.00. The van der Waals surface area contributed by atoms with Crippen LogP contribution in [0.15, 0.2) is 48.5 Å². The predicted molar refractivity (Wildman–Crippen MR) is 83.7 cm³/mol. The lowest BCUT2D eigenvalue weighted by molar-refractivity contribution is -0.118. The zero-order valence-corrected chi connectivity index (χ0v) is 12.5. The molecule has 0 saturated carbocycles. The molecule has 2 aromatic rings. The molecule has 0 aliphatic carbocycles. The van der Waals surface area contributed by atoms with Gasteiger partial charge in [-0.05, 0) is 23.8 Å². The molecule has 0 radical (unpaired) electrons. The van der Waals surface area contributed by atoms with Crippen molar-refractivity contribution in [3.8, 4) is 0 Å². The number of hydrogen-bond donors (Lipinski definition) is 0. The summed E-state index contributed by atoms with van der Waals surface area (Å²) in [7, 11) is 1.83. The molecule has 1 amide bonds. The minimum Gasteiger partial charge on any atom is -0.314 e. The molecule has 0 aromatic heterocycles. The molecule has 0 N–H and O–H groups in total. The summed E-state index contributed by atoms with van der Waals surface area (Å²) >= 11 is 6.23. The van der Waals surface area contributed by atoms with E-state index in [1.807, 2.05) is 43.4 Å². The standard InChI is InChI=1S/C17H15ClN2O/c1-19-15-8-7-13(18)9-14(15)17(11-20(17)10-16(19)21)12-5-3-2-4-6-12/h2-9H,10-11H2,1H3. The molecule has 2 unspecified atom stereocenters. The fraction of sp³-hybridized carbons (Fsp3) is 0.235. The number of nitrogens with zero attached hydrogens (tertiary/aromatic N) is 2. The van der Waals surface area contributed by atoms with Crippen LogP contribution < -0.4 is 4.90 Å². The number of carbonyl (C=O) groups is 1. The van der Waals surface area contributed by atoms with Gasteiger partial charge in [-0.25, -0.2) is 0 Å². The monoisotopic (exact) mass is 298 g/mol. The number of likely N-dealkylation sites (N-methyl/N-ethyl adjacent to an activating group) is 1. The lowest BCUT2D eigenvalue weighted by Gasteiger charge is -2.22. The van der Waals surface area contributed by atoms with Gasteiger partial charge in [0, 0.05) is 29.9 Å². The van der Waals surface area contributed by atoms with Crippen molar-refractivity contribution in [1.29, 1.82) is 0 Å². The Hall–Kier alpha value is -1.84. The van der Waals surface area contributed by atoms with Gasteiger partial charge >= 0.3 is 0 Å². The van der Waals surface area contributed by atoms with E-state index in [0.29, 0.717) is 11.6 Å². The van der Waals surface area contributed by atoms with Crippen molar-refractivity contribution < 1.29 is 4.79 Å². The molecule has 21 heavy (non-hydrogen) atoms. The molecular formula is C17H15ClN2O. The first-order chi connectivity index (χ1) is 10.1. The quantitative estimate of drug-likeness (QED) is 0.756. The molecule has 2 aromatic carbocycles. The fourth-order valence-electron chi connectivity index (χ4n) is 3.37. The molecule has 0 spiro atoms. The molecule has 0 bridgehead atoms. The Bertz CT molecular complexity index is 731. The third-order valence-electron chi connectivity index (χ3n) is 4.57. The average molecular weight is 299 g/mol. The van der Waals surface area contributed by atoms with Gasteiger partial charge in [-0.3, -0.25) is 9.69 Å². The average Bonchev–Trinajstić information content (AvgIpc) is 3.22. The zero-order chi connectivity index (χ0) is 14.6. The van der Waals surface area contributed by atoms with E-state index in [-0.39, 0.29) is 11.4 Å². The Morgan fingerprint density at radius 1 is 1.14 bits per heavy atom. The van der Waals surface area contributed by atoms with Gasteiger partial charge in [0.15, 0.2) is 0 Å². The van der Waals surface area contributed by atoms with Gasteiger partial charge in [-0.2, -0.15) is 0 Å². The van der Waals surface area contributed by atoms with Crippen LogP contribution in [-0.2, 0) is 10.3 Å². The minimum absolute atomic E-state index is 0.119. The van der Waals surface area contributed by atoms with Crippen molar-refractivity contribution in [1.82, 2.24) is 4.90 Å². The number of rotatable bonds is 1. The maximum Gasteiger partial charge on any atom is 0.240 e. The highest BCUT2D eigenvalue weighted by atomic mass is 35.5. The van der Waals surface area contributed by atoms with Crippen LogP contribution in [0.1, 0.15) is 11.1 Å². The lowest BCUT2D eigenvalue weighted by Crippen LogP contribution is -2.30. The summed E-state index contributed by atoms with van der Waals surface area (Å²) in [6, 6.07) is 16.1. The smallest absolute Gasteiger partial charge is 0.240 e. The highest BCUT2D eigenvalue weighted by Crippen LogP contribution is 2.53. The molecule has 4 rings (SSSR count). The van der Waals surface area contributed by atoms with Crippen LogP contribution in [0.25, 0.3) is 0 Å². The molecule has 2 aliphatic heterocycles. The second-order valence-electron chi connectivity index (χ2n) is 5.70. The first-order valence-corrected chi connectivity index (χ1v) is 7.38. The lowest BCUT2D eigenvalue weighted by atomic mass is 9.89.